The van der Waals surface area contributed by atoms with Crippen molar-refractivity contribution < 1.29 is 18.8 Å². The van der Waals surface area contributed by atoms with E-state index in [0.717, 1.165) is 24.5 Å². The molecule has 0 bridgehead atoms. The summed E-state index contributed by atoms with van der Waals surface area (Å²) in [6.45, 7) is 8.89. The maximum absolute atomic E-state index is 12.9. The van der Waals surface area contributed by atoms with Gasteiger partial charge < -0.3 is 19.1 Å². The average molecular weight is 360 g/mol. The zero-order chi connectivity index (χ0) is 18.8. The van der Waals surface area contributed by atoms with E-state index in [4.69, 9.17) is 9.26 Å². The van der Waals surface area contributed by atoms with Crippen LogP contribution in [0.15, 0.2) is 10.6 Å². The van der Waals surface area contributed by atoms with Crippen LogP contribution in [0.25, 0.3) is 0 Å². The summed E-state index contributed by atoms with van der Waals surface area (Å²) in [4.78, 5) is 31.8. The Balaban J connectivity index is 1.64. The van der Waals surface area contributed by atoms with Gasteiger partial charge in [0.25, 0.3) is 5.91 Å². The van der Waals surface area contributed by atoms with Crippen molar-refractivity contribution in [2.24, 2.45) is 0 Å². The van der Waals surface area contributed by atoms with Gasteiger partial charge in [-0.05, 0) is 26.3 Å². The fraction of sp³-hybridized carbons (Fsp3) is 0.500. The normalized spacial score (nSPS) is 15.3. The van der Waals surface area contributed by atoms with Crippen molar-refractivity contribution in [2.75, 3.05) is 33.3 Å². The van der Waals surface area contributed by atoms with Crippen LogP contribution < -0.4 is 0 Å². The van der Waals surface area contributed by atoms with Gasteiger partial charge in [-0.1, -0.05) is 5.16 Å². The lowest BCUT2D eigenvalue weighted by atomic mass is 10.1. The quantitative estimate of drug-likeness (QED) is 0.834. The van der Waals surface area contributed by atoms with Crippen LogP contribution in [0.5, 0.6) is 0 Å². The van der Waals surface area contributed by atoms with Gasteiger partial charge in [0.15, 0.2) is 5.76 Å². The van der Waals surface area contributed by atoms with Crippen molar-refractivity contribution in [3.63, 3.8) is 0 Å². The molecule has 1 amide bonds. The van der Waals surface area contributed by atoms with Gasteiger partial charge in [-0.25, -0.2) is 4.79 Å². The number of esters is 1. The second kappa shape index (κ2) is 7.33. The van der Waals surface area contributed by atoms with E-state index in [0.29, 0.717) is 42.1 Å². The molecular weight excluding hydrogens is 336 g/mol. The minimum absolute atomic E-state index is 0.0871. The maximum atomic E-state index is 12.9. The summed E-state index contributed by atoms with van der Waals surface area (Å²) in [5, 5.41) is 3.90. The van der Waals surface area contributed by atoms with E-state index in [1.807, 2.05) is 17.9 Å². The molecule has 8 nitrogen and oxygen atoms in total. The molecule has 1 fully saturated rings. The molecule has 2 aromatic rings. The number of aromatic nitrogens is 2. The number of carbonyl (C=O) groups is 2. The molecule has 1 N–H and O–H groups in total. The molecule has 2 aromatic heterocycles. The molecule has 0 aromatic carbocycles. The van der Waals surface area contributed by atoms with Crippen LogP contribution in [0.2, 0.25) is 0 Å². The zero-order valence-electron chi connectivity index (χ0n) is 15.6. The Labute approximate surface area is 152 Å². The second-order valence-corrected chi connectivity index (χ2v) is 6.62. The number of amides is 1. The molecule has 1 aliphatic heterocycles. The first-order valence-electron chi connectivity index (χ1n) is 8.62. The summed E-state index contributed by atoms with van der Waals surface area (Å²) < 4.78 is 10.1. The van der Waals surface area contributed by atoms with E-state index in [1.165, 1.54) is 7.11 Å². The van der Waals surface area contributed by atoms with Gasteiger partial charge in [-0.15, -0.1) is 0 Å². The van der Waals surface area contributed by atoms with Gasteiger partial charge in [-0.2, -0.15) is 0 Å². The summed E-state index contributed by atoms with van der Waals surface area (Å²) in [6, 6.07) is 1.93. The third kappa shape index (κ3) is 3.50. The molecule has 8 heteroatoms. The zero-order valence-corrected chi connectivity index (χ0v) is 15.6. The monoisotopic (exact) mass is 360 g/mol. The lowest BCUT2D eigenvalue weighted by Crippen LogP contribution is -2.48. The summed E-state index contributed by atoms with van der Waals surface area (Å²) in [5.74, 6) is 0.319. The van der Waals surface area contributed by atoms with Crippen molar-refractivity contribution in [2.45, 2.75) is 27.3 Å². The van der Waals surface area contributed by atoms with Gasteiger partial charge in [0.05, 0.1) is 24.9 Å². The summed E-state index contributed by atoms with van der Waals surface area (Å²) in [6.07, 6.45) is 0. The van der Waals surface area contributed by atoms with Gasteiger partial charge >= 0.3 is 5.97 Å². The van der Waals surface area contributed by atoms with Gasteiger partial charge in [0.2, 0.25) is 0 Å². The van der Waals surface area contributed by atoms with Crippen LogP contribution >= 0.6 is 0 Å². The molecule has 0 unspecified atom stereocenters. The number of methoxy groups -OCH3 is 1. The van der Waals surface area contributed by atoms with Crippen molar-refractivity contribution >= 4 is 11.9 Å². The van der Waals surface area contributed by atoms with Crippen molar-refractivity contribution in [1.29, 1.82) is 0 Å². The van der Waals surface area contributed by atoms with Crippen LogP contribution in [0.1, 0.15) is 43.6 Å². The number of nitrogens with one attached hydrogen (secondary N) is 1. The predicted octanol–water partition coefficient (Wildman–Crippen LogP) is 1.67. The molecule has 0 aliphatic carbocycles. The van der Waals surface area contributed by atoms with E-state index >= 15 is 0 Å². The van der Waals surface area contributed by atoms with Crippen LogP contribution in [0.3, 0.4) is 0 Å². The number of H-pyrrole nitrogens is 1. The highest BCUT2D eigenvalue weighted by atomic mass is 16.5. The molecule has 140 valence electrons. The lowest BCUT2D eigenvalue weighted by molar-refractivity contribution is 0.0599. The summed E-state index contributed by atoms with van der Waals surface area (Å²) >= 11 is 0. The Morgan fingerprint density at radius 2 is 1.92 bits per heavy atom. The molecular formula is C18H24N4O4. The number of rotatable bonds is 4. The van der Waals surface area contributed by atoms with E-state index in [2.05, 4.69) is 15.0 Å². The minimum atomic E-state index is -0.428. The number of piperazine rings is 1. The van der Waals surface area contributed by atoms with E-state index in [1.54, 1.807) is 13.8 Å². The molecule has 1 saturated heterocycles. The van der Waals surface area contributed by atoms with Gasteiger partial charge in [-0.3, -0.25) is 9.69 Å². The smallest absolute Gasteiger partial charge is 0.339 e. The summed E-state index contributed by atoms with van der Waals surface area (Å²) in [7, 11) is 1.34. The molecule has 0 atom stereocenters. The van der Waals surface area contributed by atoms with Crippen molar-refractivity contribution in [1.82, 2.24) is 19.9 Å². The first-order chi connectivity index (χ1) is 12.4. The molecule has 0 saturated carbocycles. The number of nitrogens with zero attached hydrogens (tertiary/aromatic N) is 3. The van der Waals surface area contributed by atoms with Gasteiger partial charge in [0, 0.05) is 37.9 Å². The van der Waals surface area contributed by atoms with E-state index in [-0.39, 0.29) is 5.91 Å². The molecule has 26 heavy (non-hydrogen) atoms. The van der Waals surface area contributed by atoms with Gasteiger partial charge in [0.1, 0.15) is 5.69 Å². The van der Waals surface area contributed by atoms with Crippen LogP contribution in [0.4, 0.5) is 0 Å². The fourth-order valence-electron chi connectivity index (χ4n) is 3.35. The van der Waals surface area contributed by atoms with Crippen molar-refractivity contribution in [3.05, 3.63) is 40.0 Å². The maximum Gasteiger partial charge on any atom is 0.339 e. The van der Waals surface area contributed by atoms with E-state index in [9.17, 15) is 9.59 Å². The average Bonchev–Trinajstić information content (AvgIpc) is 3.17. The third-order valence-electron chi connectivity index (χ3n) is 4.76. The lowest BCUT2D eigenvalue weighted by Gasteiger charge is -2.34. The Morgan fingerprint density at radius 3 is 2.50 bits per heavy atom. The Morgan fingerprint density at radius 1 is 1.23 bits per heavy atom. The number of carbonyl (C=O) groups excluding carboxylic acids is 2. The topological polar surface area (TPSA) is 91.7 Å². The first-order valence-corrected chi connectivity index (χ1v) is 8.62. The molecule has 1 aliphatic rings. The van der Waals surface area contributed by atoms with Crippen LogP contribution in [-0.4, -0.2) is 65.1 Å². The number of ether oxygens (including phenoxy) is 1. The highest BCUT2D eigenvalue weighted by Gasteiger charge is 2.28. The predicted molar refractivity (Wildman–Crippen MR) is 94.0 cm³/mol. The SMILES string of the molecule is COC(=O)c1c(C)[nH]c(C(=O)N2CCN(Cc3cc(C)no3)CC2)c1C. The number of aromatic amines is 1. The Kier molecular flexibility index (Phi) is 5.13. The molecule has 0 radical (unpaired) electrons. The Hall–Kier alpha value is -2.61. The largest absolute Gasteiger partial charge is 0.465 e. The summed E-state index contributed by atoms with van der Waals surface area (Å²) in [5.41, 5.74) is 3.06. The minimum Gasteiger partial charge on any atom is -0.465 e. The number of aryl methyl sites for hydroxylation is 2. The highest BCUT2D eigenvalue weighted by molar-refractivity contribution is 6.00. The first kappa shape index (κ1) is 18.2. The highest BCUT2D eigenvalue weighted by Crippen LogP contribution is 2.21. The second-order valence-electron chi connectivity index (χ2n) is 6.62. The Bertz CT molecular complexity index is 815. The third-order valence-corrected chi connectivity index (χ3v) is 4.76. The van der Waals surface area contributed by atoms with Crippen LogP contribution in [0, 0.1) is 20.8 Å². The standard InChI is InChI=1S/C18H24N4O4/c1-11-9-14(26-20-11)10-21-5-7-22(8-6-21)17(23)16-12(2)15(13(3)19-16)18(24)25-4/h9,19H,5-8,10H2,1-4H3. The van der Waals surface area contributed by atoms with E-state index < -0.39 is 5.97 Å². The van der Waals surface area contributed by atoms with Crippen molar-refractivity contribution in [3.8, 4) is 0 Å². The number of hydrogen-bond donors (Lipinski definition) is 1. The van der Waals surface area contributed by atoms with Crippen LogP contribution in [-0.2, 0) is 11.3 Å². The molecule has 3 rings (SSSR count). The molecule has 3 heterocycles. The fourth-order valence-corrected chi connectivity index (χ4v) is 3.35. The molecule has 0 spiro atoms. The number of hydrogen-bond acceptors (Lipinski definition) is 6.